The lowest BCUT2D eigenvalue weighted by Crippen LogP contribution is -1.99. The van der Waals surface area contributed by atoms with Gasteiger partial charge in [-0.2, -0.15) is 0 Å². The van der Waals surface area contributed by atoms with Gasteiger partial charge in [-0.05, 0) is 44.0 Å². The molecule has 16 heavy (non-hydrogen) atoms. The maximum atomic E-state index is 11.0. The second kappa shape index (κ2) is 5.12. The van der Waals surface area contributed by atoms with Gasteiger partial charge in [0, 0.05) is 5.56 Å². The monoisotopic (exact) mass is 220 g/mol. The number of hydrogen-bond acceptors (Lipinski definition) is 3. The minimum absolute atomic E-state index is 0.0810. The zero-order valence-corrected chi connectivity index (χ0v) is 9.44. The van der Waals surface area contributed by atoms with Crippen LogP contribution in [0.4, 0.5) is 0 Å². The predicted octanol–water partition coefficient (Wildman–Crippen LogP) is 2.45. The average Bonchev–Trinajstić information content (AvgIpc) is 3.09. The van der Waals surface area contributed by atoms with Crippen molar-refractivity contribution < 1.29 is 14.3 Å². The molecule has 1 heterocycles. The van der Waals surface area contributed by atoms with Gasteiger partial charge in [0.25, 0.3) is 0 Å². The van der Waals surface area contributed by atoms with Gasteiger partial charge in [-0.1, -0.05) is 0 Å². The van der Waals surface area contributed by atoms with Crippen molar-refractivity contribution in [2.45, 2.75) is 25.9 Å². The molecule has 3 heteroatoms. The van der Waals surface area contributed by atoms with Crippen LogP contribution in [0.1, 0.15) is 30.1 Å². The molecule has 0 radical (unpaired) electrons. The van der Waals surface area contributed by atoms with Crippen LogP contribution in [0.15, 0.2) is 24.3 Å². The zero-order valence-electron chi connectivity index (χ0n) is 9.44. The minimum Gasteiger partial charge on any atom is -0.494 e. The first-order valence-corrected chi connectivity index (χ1v) is 5.61. The number of ether oxygens (including phenoxy) is 2. The van der Waals surface area contributed by atoms with Crippen molar-refractivity contribution in [2.24, 2.45) is 0 Å². The van der Waals surface area contributed by atoms with E-state index in [1.807, 2.05) is 12.1 Å². The molecule has 86 valence electrons. The normalized spacial score (nSPS) is 18.2. The van der Waals surface area contributed by atoms with Gasteiger partial charge in [-0.25, -0.2) is 0 Å². The Bertz CT molecular complexity index is 352. The fraction of sp³-hybridized carbons (Fsp3) is 0.462. The summed E-state index contributed by atoms with van der Waals surface area (Å²) in [5, 5.41) is 0. The van der Waals surface area contributed by atoms with Gasteiger partial charge in [0.15, 0.2) is 5.78 Å². The Labute approximate surface area is 95.4 Å². The van der Waals surface area contributed by atoms with Crippen molar-refractivity contribution in [3.05, 3.63) is 29.8 Å². The molecule has 0 amide bonds. The van der Waals surface area contributed by atoms with E-state index in [-0.39, 0.29) is 5.78 Å². The minimum atomic E-state index is 0.0810. The molecule has 1 atom stereocenters. The van der Waals surface area contributed by atoms with Crippen LogP contribution in [-0.4, -0.2) is 25.1 Å². The Morgan fingerprint density at radius 3 is 2.69 bits per heavy atom. The molecule has 0 spiro atoms. The van der Waals surface area contributed by atoms with Gasteiger partial charge in [0.2, 0.25) is 0 Å². The van der Waals surface area contributed by atoms with Crippen molar-refractivity contribution in [3.63, 3.8) is 0 Å². The van der Waals surface area contributed by atoms with Crippen LogP contribution in [0, 0.1) is 0 Å². The van der Waals surface area contributed by atoms with Gasteiger partial charge in [-0.15, -0.1) is 0 Å². The summed E-state index contributed by atoms with van der Waals surface area (Å²) >= 11 is 0. The summed E-state index contributed by atoms with van der Waals surface area (Å²) in [4.78, 5) is 11.0. The van der Waals surface area contributed by atoms with E-state index in [9.17, 15) is 4.79 Å². The molecule has 2 rings (SSSR count). The Balaban J connectivity index is 1.73. The van der Waals surface area contributed by atoms with Crippen LogP contribution in [-0.2, 0) is 4.74 Å². The molecule has 0 aliphatic carbocycles. The Morgan fingerprint density at radius 1 is 1.44 bits per heavy atom. The molecule has 0 N–H and O–H groups in total. The lowest BCUT2D eigenvalue weighted by Gasteiger charge is -2.05. The molecule has 1 aromatic carbocycles. The molecular weight excluding hydrogens is 204 g/mol. The second-order valence-corrected chi connectivity index (χ2v) is 4.03. The van der Waals surface area contributed by atoms with E-state index in [2.05, 4.69) is 0 Å². The van der Waals surface area contributed by atoms with Crippen LogP contribution >= 0.6 is 0 Å². The van der Waals surface area contributed by atoms with Crippen molar-refractivity contribution in [1.82, 2.24) is 0 Å². The van der Waals surface area contributed by atoms with Gasteiger partial charge < -0.3 is 9.47 Å². The van der Waals surface area contributed by atoms with E-state index >= 15 is 0 Å². The number of rotatable bonds is 6. The summed E-state index contributed by atoms with van der Waals surface area (Å²) in [6, 6.07) is 7.26. The molecule has 0 aromatic heterocycles. The molecule has 1 aliphatic rings. The molecule has 1 unspecified atom stereocenters. The Hall–Kier alpha value is -1.35. The number of benzene rings is 1. The van der Waals surface area contributed by atoms with E-state index < -0.39 is 0 Å². The number of carbonyl (C=O) groups excluding carboxylic acids is 1. The molecular formula is C13H16O3. The largest absolute Gasteiger partial charge is 0.494 e. The van der Waals surface area contributed by atoms with Gasteiger partial charge in [-0.3, -0.25) is 4.79 Å². The highest BCUT2D eigenvalue weighted by Gasteiger charge is 2.21. The standard InChI is InChI=1S/C13H16O3/c1-10(14)11-4-6-12(7-5-11)15-8-2-3-13-9-16-13/h4-7,13H,2-3,8-9H2,1H3. The summed E-state index contributed by atoms with van der Waals surface area (Å²) in [7, 11) is 0. The van der Waals surface area contributed by atoms with Crippen LogP contribution in [0.2, 0.25) is 0 Å². The summed E-state index contributed by atoms with van der Waals surface area (Å²) in [5.74, 6) is 0.902. The first-order chi connectivity index (χ1) is 7.75. The summed E-state index contributed by atoms with van der Waals surface area (Å²) < 4.78 is 10.7. The maximum absolute atomic E-state index is 11.0. The van der Waals surface area contributed by atoms with Crippen LogP contribution in [0.3, 0.4) is 0 Å². The summed E-state index contributed by atoms with van der Waals surface area (Å²) in [6.07, 6.45) is 2.56. The lowest BCUT2D eigenvalue weighted by molar-refractivity contribution is 0.101. The Morgan fingerprint density at radius 2 is 2.12 bits per heavy atom. The van der Waals surface area contributed by atoms with Crippen molar-refractivity contribution in [1.29, 1.82) is 0 Å². The quantitative estimate of drug-likeness (QED) is 0.420. The van der Waals surface area contributed by atoms with E-state index in [0.717, 1.165) is 30.8 Å². The predicted molar refractivity (Wildman–Crippen MR) is 60.9 cm³/mol. The molecule has 3 nitrogen and oxygen atoms in total. The number of epoxide rings is 1. The molecule has 1 aliphatic heterocycles. The van der Waals surface area contributed by atoms with Gasteiger partial charge in [0.05, 0.1) is 19.3 Å². The van der Waals surface area contributed by atoms with E-state index in [1.165, 1.54) is 0 Å². The Kier molecular flexibility index (Phi) is 3.57. The van der Waals surface area contributed by atoms with Crippen molar-refractivity contribution >= 4 is 5.78 Å². The molecule has 0 saturated carbocycles. The zero-order chi connectivity index (χ0) is 11.4. The highest BCUT2D eigenvalue weighted by atomic mass is 16.6. The topological polar surface area (TPSA) is 38.8 Å². The van der Waals surface area contributed by atoms with Gasteiger partial charge in [0.1, 0.15) is 5.75 Å². The maximum Gasteiger partial charge on any atom is 0.159 e. The number of hydrogen-bond donors (Lipinski definition) is 0. The number of ketones is 1. The smallest absolute Gasteiger partial charge is 0.159 e. The average molecular weight is 220 g/mol. The van der Waals surface area contributed by atoms with Crippen molar-refractivity contribution in [2.75, 3.05) is 13.2 Å². The molecule has 1 aromatic rings. The number of Topliss-reactive ketones (excluding diaryl/α,β-unsaturated/α-hetero) is 1. The third-order valence-electron chi connectivity index (χ3n) is 2.60. The van der Waals surface area contributed by atoms with Gasteiger partial charge >= 0.3 is 0 Å². The van der Waals surface area contributed by atoms with E-state index in [1.54, 1.807) is 19.1 Å². The fourth-order valence-electron chi connectivity index (χ4n) is 1.52. The van der Waals surface area contributed by atoms with Crippen LogP contribution in [0.5, 0.6) is 5.75 Å². The summed E-state index contributed by atoms with van der Waals surface area (Å²) in [6.45, 7) is 3.18. The van der Waals surface area contributed by atoms with E-state index in [0.29, 0.717) is 12.7 Å². The van der Waals surface area contributed by atoms with Crippen LogP contribution < -0.4 is 4.74 Å². The lowest BCUT2D eigenvalue weighted by atomic mass is 10.1. The molecule has 1 fully saturated rings. The van der Waals surface area contributed by atoms with Crippen LogP contribution in [0.25, 0.3) is 0 Å². The third kappa shape index (κ3) is 3.35. The van der Waals surface area contributed by atoms with E-state index in [4.69, 9.17) is 9.47 Å². The molecule has 0 bridgehead atoms. The highest BCUT2D eigenvalue weighted by molar-refractivity contribution is 5.94. The first kappa shape index (κ1) is 11.1. The first-order valence-electron chi connectivity index (χ1n) is 5.61. The molecule has 1 saturated heterocycles. The summed E-state index contributed by atoms with van der Waals surface area (Å²) in [5.41, 5.74) is 0.721. The highest BCUT2D eigenvalue weighted by Crippen LogP contribution is 2.17. The number of carbonyl (C=O) groups is 1. The fourth-order valence-corrected chi connectivity index (χ4v) is 1.52. The SMILES string of the molecule is CC(=O)c1ccc(OCCCC2CO2)cc1. The second-order valence-electron chi connectivity index (χ2n) is 4.03. The third-order valence-corrected chi connectivity index (χ3v) is 2.60. The van der Waals surface area contributed by atoms with Crippen molar-refractivity contribution in [3.8, 4) is 5.75 Å².